The van der Waals surface area contributed by atoms with Crippen molar-refractivity contribution >= 4 is 17.7 Å². The third kappa shape index (κ3) is 2.57. The number of nitrogens with one attached hydrogen (secondary N) is 1. The Hall–Kier alpha value is -2.17. The Morgan fingerprint density at radius 3 is 2.80 bits per heavy atom. The summed E-state index contributed by atoms with van der Waals surface area (Å²) in [6.07, 6.45) is 6.81. The van der Waals surface area contributed by atoms with E-state index in [4.69, 9.17) is 0 Å². The molecule has 5 nitrogen and oxygen atoms in total. The zero-order valence-corrected chi connectivity index (χ0v) is 14.6. The summed E-state index contributed by atoms with van der Waals surface area (Å²) in [6, 6.07) is 5.34. The van der Waals surface area contributed by atoms with Gasteiger partial charge < -0.3 is 5.32 Å². The molecular formula is C20H24N2O3. The molecule has 25 heavy (non-hydrogen) atoms. The van der Waals surface area contributed by atoms with Crippen LogP contribution in [0.2, 0.25) is 0 Å². The minimum atomic E-state index is -0.798. The summed E-state index contributed by atoms with van der Waals surface area (Å²) in [6.45, 7) is 1.85. The van der Waals surface area contributed by atoms with Crippen molar-refractivity contribution in [3.05, 3.63) is 34.9 Å². The molecule has 1 saturated heterocycles. The zero-order valence-electron chi connectivity index (χ0n) is 14.6. The van der Waals surface area contributed by atoms with Crippen LogP contribution >= 0.6 is 0 Å². The largest absolute Gasteiger partial charge is 0.325 e. The fourth-order valence-corrected chi connectivity index (χ4v) is 4.62. The fraction of sp³-hybridized carbons (Fsp3) is 0.550. The van der Waals surface area contributed by atoms with Gasteiger partial charge in [0.2, 0.25) is 0 Å². The number of rotatable bonds is 3. The Bertz CT molecular complexity index is 757. The first-order chi connectivity index (χ1) is 12.0. The van der Waals surface area contributed by atoms with Crippen LogP contribution in [0.1, 0.15) is 60.5 Å². The van der Waals surface area contributed by atoms with Gasteiger partial charge in [-0.3, -0.25) is 14.5 Å². The van der Waals surface area contributed by atoms with Crippen molar-refractivity contribution < 1.29 is 14.4 Å². The molecule has 0 unspecified atom stereocenters. The lowest BCUT2D eigenvalue weighted by molar-refractivity contribution is -0.133. The molecule has 3 amide bonds. The van der Waals surface area contributed by atoms with Crippen molar-refractivity contribution in [1.29, 1.82) is 0 Å². The number of urea groups is 1. The maximum absolute atomic E-state index is 12.9. The molecule has 1 aliphatic heterocycles. The molecule has 1 N–H and O–H groups in total. The first-order valence-corrected chi connectivity index (χ1v) is 9.30. The highest BCUT2D eigenvalue weighted by atomic mass is 16.2. The van der Waals surface area contributed by atoms with Crippen LogP contribution < -0.4 is 5.32 Å². The van der Waals surface area contributed by atoms with Crippen LogP contribution in [0.15, 0.2) is 18.2 Å². The molecule has 2 atom stereocenters. The fourth-order valence-electron chi connectivity index (χ4n) is 4.62. The molecule has 5 heteroatoms. The van der Waals surface area contributed by atoms with Gasteiger partial charge in [-0.05, 0) is 55.2 Å². The smallest absolute Gasteiger partial charge is 0.323 e. The van der Waals surface area contributed by atoms with Crippen LogP contribution in [0.4, 0.5) is 4.79 Å². The third-order valence-corrected chi connectivity index (χ3v) is 6.22. The lowest BCUT2D eigenvalue weighted by atomic mass is 9.73. The van der Waals surface area contributed by atoms with Gasteiger partial charge in [0.15, 0.2) is 5.78 Å². The predicted molar refractivity (Wildman–Crippen MR) is 93.4 cm³/mol. The van der Waals surface area contributed by atoms with Gasteiger partial charge in [-0.2, -0.15) is 0 Å². The van der Waals surface area contributed by atoms with E-state index in [-0.39, 0.29) is 24.2 Å². The SMILES string of the molecule is C[C@@H]1CCCC[C@@]12NC(=O)N(CC(=O)c1ccc3c(c1)CCC3)C2=O. The molecule has 0 bridgehead atoms. The van der Waals surface area contributed by atoms with Crippen molar-refractivity contribution in [2.75, 3.05) is 6.54 Å². The zero-order chi connectivity index (χ0) is 17.6. The number of nitrogens with zero attached hydrogens (tertiary/aromatic N) is 1. The van der Waals surface area contributed by atoms with Gasteiger partial charge >= 0.3 is 6.03 Å². The van der Waals surface area contributed by atoms with E-state index >= 15 is 0 Å². The third-order valence-electron chi connectivity index (χ3n) is 6.22. The first kappa shape index (κ1) is 16.3. The Labute approximate surface area is 147 Å². The number of Topliss-reactive ketones (excluding diaryl/α,β-unsaturated/α-hetero) is 1. The molecule has 3 aliphatic rings. The van der Waals surface area contributed by atoms with Crippen molar-refractivity contribution in [1.82, 2.24) is 10.2 Å². The van der Waals surface area contributed by atoms with E-state index in [0.717, 1.165) is 43.4 Å². The molecule has 1 aromatic carbocycles. The topological polar surface area (TPSA) is 66.5 Å². The van der Waals surface area contributed by atoms with Gasteiger partial charge in [-0.15, -0.1) is 0 Å². The van der Waals surface area contributed by atoms with E-state index in [2.05, 4.69) is 5.32 Å². The Morgan fingerprint density at radius 2 is 2.00 bits per heavy atom. The quantitative estimate of drug-likeness (QED) is 0.680. The van der Waals surface area contributed by atoms with Crippen molar-refractivity contribution in [3.8, 4) is 0 Å². The lowest BCUT2D eigenvalue weighted by Gasteiger charge is -2.36. The number of ketones is 1. The van der Waals surface area contributed by atoms with Crippen LogP contribution in [0.5, 0.6) is 0 Å². The number of amides is 3. The average Bonchev–Trinajstić information content (AvgIpc) is 3.16. The summed E-state index contributed by atoms with van der Waals surface area (Å²) in [5, 5.41) is 2.90. The normalized spacial score (nSPS) is 28.4. The van der Waals surface area contributed by atoms with Gasteiger partial charge in [0, 0.05) is 5.56 Å². The van der Waals surface area contributed by atoms with Gasteiger partial charge in [0.25, 0.3) is 5.91 Å². The van der Waals surface area contributed by atoms with Crippen LogP contribution in [0, 0.1) is 5.92 Å². The van der Waals surface area contributed by atoms with Gasteiger partial charge in [-0.25, -0.2) is 4.79 Å². The first-order valence-electron chi connectivity index (χ1n) is 9.30. The minimum absolute atomic E-state index is 0.109. The maximum Gasteiger partial charge on any atom is 0.325 e. The summed E-state index contributed by atoms with van der Waals surface area (Å²) in [4.78, 5) is 39.1. The van der Waals surface area contributed by atoms with Crippen LogP contribution in [0.25, 0.3) is 0 Å². The summed E-state index contributed by atoms with van der Waals surface area (Å²) in [5.41, 5.74) is 2.33. The molecule has 1 saturated carbocycles. The number of hydrogen-bond acceptors (Lipinski definition) is 3. The van der Waals surface area contributed by atoms with Gasteiger partial charge in [0.05, 0.1) is 6.54 Å². The molecule has 132 valence electrons. The summed E-state index contributed by atoms with van der Waals surface area (Å²) in [5.74, 6) is -0.282. The maximum atomic E-state index is 12.9. The monoisotopic (exact) mass is 340 g/mol. The van der Waals surface area contributed by atoms with Gasteiger partial charge in [0.1, 0.15) is 5.54 Å². The number of hydrogen-bond donors (Lipinski definition) is 1. The summed E-state index contributed by atoms with van der Waals surface area (Å²) < 4.78 is 0. The standard InChI is InChI=1S/C20H24N2O3/c1-13-5-2-3-10-20(13)18(24)22(19(25)21-20)12-17(23)16-9-8-14-6-4-7-15(14)11-16/h8-9,11,13H,2-7,10,12H2,1H3,(H,21,25)/t13-,20-/m1/s1. The van der Waals surface area contributed by atoms with E-state index in [1.807, 2.05) is 25.1 Å². The molecule has 1 spiro atoms. The highest BCUT2D eigenvalue weighted by Gasteiger charge is 2.55. The number of carbonyl (C=O) groups is 3. The van der Waals surface area contributed by atoms with E-state index in [9.17, 15) is 14.4 Å². The van der Waals surface area contributed by atoms with E-state index in [1.54, 1.807) is 0 Å². The Balaban J connectivity index is 1.53. The van der Waals surface area contributed by atoms with Crippen LogP contribution in [0.3, 0.4) is 0 Å². The number of carbonyl (C=O) groups excluding carboxylic acids is 3. The lowest BCUT2D eigenvalue weighted by Crippen LogP contribution is -2.54. The van der Waals surface area contributed by atoms with Crippen molar-refractivity contribution in [2.45, 2.75) is 57.4 Å². The molecular weight excluding hydrogens is 316 g/mol. The molecule has 0 aromatic heterocycles. The summed E-state index contributed by atoms with van der Waals surface area (Å²) >= 11 is 0. The van der Waals surface area contributed by atoms with E-state index < -0.39 is 11.6 Å². The average molecular weight is 340 g/mol. The van der Waals surface area contributed by atoms with E-state index in [0.29, 0.717) is 12.0 Å². The molecule has 1 heterocycles. The molecule has 2 aliphatic carbocycles. The molecule has 2 fully saturated rings. The Kier molecular flexibility index (Phi) is 3.89. The highest BCUT2D eigenvalue weighted by molar-refractivity contribution is 6.11. The molecule has 1 aromatic rings. The second kappa shape index (κ2) is 5.97. The number of fused-ring (bicyclic) bond motifs is 1. The molecule has 0 radical (unpaired) electrons. The number of imide groups is 1. The number of aryl methyl sites for hydroxylation is 2. The van der Waals surface area contributed by atoms with Crippen LogP contribution in [-0.2, 0) is 17.6 Å². The van der Waals surface area contributed by atoms with Crippen molar-refractivity contribution in [2.24, 2.45) is 5.92 Å². The second-order valence-corrected chi connectivity index (χ2v) is 7.70. The number of benzene rings is 1. The van der Waals surface area contributed by atoms with E-state index in [1.165, 1.54) is 11.1 Å². The van der Waals surface area contributed by atoms with Gasteiger partial charge in [-0.1, -0.05) is 31.9 Å². The Morgan fingerprint density at radius 1 is 1.20 bits per heavy atom. The molecule has 4 rings (SSSR count). The predicted octanol–water partition coefficient (Wildman–Crippen LogP) is 2.86. The highest BCUT2D eigenvalue weighted by Crippen LogP contribution is 2.38. The van der Waals surface area contributed by atoms with Crippen molar-refractivity contribution in [3.63, 3.8) is 0 Å². The summed E-state index contributed by atoms with van der Waals surface area (Å²) in [7, 11) is 0. The van der Waals surface area contributed by atoms with Crippen LogP contribution in [-0.4, -0.2) is 34.7 Å². The minimum Gasteiger partial charge on any atom is -0.323 e. The second-order valence-electron chi connectivity index (χ2n) is 7.70.